The van der Waals surface area contributed by atoms with Crippen molar-refractivity contribution in [2.45, 2.75) is 45.1 Å². The molecule has 27 heavy (non-hydrogen) atoms. The summed E-state index contributed by atoms with van der Waals surface area (Å²) in [4.78, 5) is 30.8. The SMILES string of the molecule is COCC(=O)N1CC2C[C@@H](NC(=O)NCC(C)C)C[C@]2(c2nc(C)no2)C1. The molecule has 1 saturated carbocycles. The molecule has 2 fully saturated rings. The summed E-state index contributed by atoms with van der Waals surface area (Å²) in [6, 6.07) is -0.146. The van der Waals surface area contributed by atoms with Crippen LogP contribution in [-0.2, 0) is 14.9 Å². The quantitative estimate of drug-likeness (QED) is 0.758. The second kappa shape index (κ2) is 7.84. The predicted molar refractivity (Wildman–Crippen MR) is 97.1 cm³/mol. The number of aromatic nitrogens is 2. The first kappa shape index (κ1) is 19.6. The van der Waals surface area contributed by atoms with E-state index in [1.165, 1.54) is 7.11 Å². The zero-order valence-electron chi connectivity index (χ0n) is 16.4. The molecule has 1 aliphatic carbocycles. The Hall–Kier alpha value is -2.16. The lowest BCUT2D eigenvalue weighted by Crippen LogP contribution is -2.44. The number of urea groups is 1. The van der Waals surface area contributed by atoms with Gasteiger partial charge in [0, 0.05) is 32.8 Å². The molecule has 1 saturated heterocycles. The van der Waals surface area contributed by atoms with Gasteiger partial charge >= 0.3 is 6.03 Å². The van der Waals surface area contributed by atoms with Crippen LogP contribution < -0.4 is 10.6 Å². The van der Waals surface area contributed by atoms with Crippen molar-refractivity contribution < 1.29 is 18.8 Å². The van der Waals surface area contributed by atoms with E-state index in [4.69, 9.17) is 9.26 Å². The van der Waals surface area contributed by atoms with E-state index in [1.807, 2.05) is 4.90 Å². The third kappa shape index (κ3) is 4.07. The third-order valence-corrected chi connectivity index (χ3v) is 5.46. The van der Waals surface area contributed by atoms with Crippen LogP contribution in [0.2, 0.25) is 0 Å². The fourth-order valence-corrected chi connectivity index (χ4v) is 4.25. The molecule has 0 spiro atoms. The topological polar surface area (TPSA) is 110 Å². The van der Waals surface area contributed by atoms with E-state index in [1.54, 1.807) is 6.92 Å². The maximum atomic E-state index is 12.3. The first-order valence-electron chi connectivity index (χ1n) is 9.46. The summed E-state index contributed by atoms with van der Waals surface area (Å²) in [6.45, 7) is 7.70. The van der Waals surface area contributed by atoms with Crippen molar-refractivity contribution in [3.63, 3.8) is 0 Å². The second-order valence-electron chi connectivity index (χ2n) is 8.09. The number of carbonyl (C=O) groups is 2. The number of nitrogens with zero attached hydrogens (tertiary/aromatic N) is 3. The number of likely N-dealkylation sites (tertiary alicyclic amines) is 1. The summed E-state index contributed by atoms with van der Waals surface area (Å²) >= 11 is 0. The molecule has 3 rings (SSSR count). The number of fused-ring (bicyclic) bond motifs is 1. The Labute approximate surface area is 159 Å². The molecular weight excluding hydrogens is 350 g/mol. The van der Waals surface area contributed by atoms with Gasteiger partial charge in [-0.2, -0.15) is 4.98 Å². The van der Waals surface area contributed by atoms with E-state index in [0.29, 0.717) is 43.7 Å². The molecule has 150 valence electrons. The van der Waals surface area contributed by atoms with Gasteiger partial charge in [-0.25, -0.2) is 4.79 Å². The van der Waals surface area contributed by atoms with Crippen molar-refractivity contribution in [3.05, 3.63) is 11.7 Å². The molecule has 1 aromatic rings. The van der Waals surface area contributed by atoms with E-state index in [2.05, 4.69) is 34.6 Å². The van der Waals surface area contributed by atoms with Gasteiger partial charge in [0.2, 0.25) is 11.8 Å². The number of rotatable bonds is 6. The Kier molecular flexibility index (Phi) is 5.69. The molecule has 2 aliphatic rings. The summed E-state index contributed by atoms with van der Waals surface area (Å²) < 4.78 is 10.5. The minimum atomic E-state index is -0.416. The van der Waals surface area contributed by atoms with Crippen LogP contribution in [0.15, 0.2) is 4.52 Å². The van der Waals surface area contributed by atoms with Gasteiger partial charge in [-0.15, -0.1) is 0 Å². The Morgan fingerprint density at radius 2 is 2.22 bits per heavy atom. The molecular formula is C18H29N5O4. The van der Waals surface area contributed by atoms with Gasteiger partial charge in [0.15, 0.2) is 5.82 Å². The van der Waals surface area contributed by atoms with Crippen LogP contribution in [0.1, 0.15) is 38.4 Å². The predicted octanol–water partition coefficient (Wildman–Crippen LogP) is 0.838. The molecule has 9 nitrogen and oxygen atoms in total. The molecule has 2 N–H and O–H groups in total. The Balaban J connectivity index is 1.73. The Bertz CT molecular complexity index is 691. The fraction of sp³-hybridized carbons (Fsp3) is 0.778. The van der Waals surface area contributed by atoms with E-state index < -0.39 is 5.41 Å². The van der Waals surface area contributed by atoms with Crippen molar-refractivity contribution in [1.82, 2.24) is 25.7 Å². The lowest BCUT2D eigenvalue weighted by atomic mass is 9.80. The minimum absolute atomic E-state index is 0.00838. The van der Waals surface area contributed by atoms with Crippen LogP contribution in [0.25, 0.3) is 0 Å². The Morgan fingerprint density at radius 1 is 1.44 bits per heavy atom. The molecule has 3 amide bonds. The van der Waals surface area contributed by atoms with Crippen molar-refractivity contribution in [1.29, 1.82) is 0 Å². The van der Waals surface area contributed by atoms with Gasteiger partial charge < -0.3 is 24.8 Å². The van der Waals surface area contributed by atoms with Gasteiger partial charge in [-0.3, -0.25) is 4.79 Å². The maximum Gasteiger partial charge on any atom is 0.315 e. The van der Waals surface area contributed by atoms with E-state index in [9.17, 15) is 9.59 Å². The van der Waals surface area contributed by atoms with Crippen LogP contribution in [0.5, 0.6) is 0 Å². The van der Waals surface area contributed by atoms with Crippen molar-refractivity contribution in [2.75, 3.05) is 33.4 Å². The van der Waals surface area contributed by atoms with E-state index in [-0.39, 0.29) is 30.5 Å². The number of nitrogens with one attached hydrogen (secondary N) is 2. The molecule has 0 bridgehead atoms. The summed E-state index contributed by atoms with van der Waals surface area (Å²) in [6.07, 6.45) is 1.44. The largest absolute Gasteiger partial charge is 0.375 e. The van der Waals surface area contributed by atoms with Crippen LogP contribution in [0.3, 0.4) is 0 Å². The standard InChI is InChI=1S/C18H29N5O4/c1-11(2)7-19-17(25)21-14-5-13-8-23(15(24)9-26-4)10-18(13,6-14)16-20-12(3)22-27-16/h11,13-14H,5-10H2,1-4H3,(H2,19,21,25)/t13?,14-,18+/m1/s1. The fourth-order valence-electron chi connectivity index (χ4n) is 4.25. The molecule has 1 aliphatic heterocycles. The highest BCUT2D eigenvalue weighted by Crippen LogP contribution is 2.50. The molecule has 1 aromatic heterocycles. The first-order valence-corrected chi connectivity index (χ1v) is 9.46. The maximum absolute atomic E-state index is 12.3. The zero-order chi connectivity index (χ0) is 19.6. The van der Waals surface area contributed by atoms with Crippen LogP contribution >= 0.6 is 0 Å². The number of carbonyl (C=O) groups excluding carboxylic acids is 2. The first-order chi connectivity index (χ1) is 12.8. The number of hydrogen-bond donors (Lipinski definition) is 2. The summed E-state index contributed by atoms with van der Waals surface area (Å²) in [5, 5.41) is 9.90. The summed E-state index contributed by atoms with van der Waals surface area (Å²) in [7, 11) is 1.52. The van der Waals surface area contributed by atoms with E-state index >= 15 is 0 Å². The van der Waals surface area contributed by atoms with Crippen molar-refractivity contribution in [2.24, 2.45) is 11.8 Å². The van der Waals surface area contributed by atoms with Gasteiger partial charge in [0.05, 0.1) is 5.41 Å². The average molecular weight is 379 g/mol. The van der Waals surface area contributed by atoms with Crippen LogP contribution in [-0.4, -0.2) is 66.4 Å². The lowest BCUT2D eigenvalue weighted by Gasteiger charge is -2.25. The van der Waals surface area contributed by atoms with E-state index in [0.717, 1.165) is 6.42 Å². The minimum Gasteiger partial charge on any atom is -0.375 e. The summed E-state index contributed by atoms with van der Waals surface area (Å²) in [5.41, 5.74) is -0.416. The molecule has 0 aromatic carbocycles. The number of amides is 3. The normalized spacial score (nSPS) is 27.1. The zero-order valence-corrected chi connectivity index (χ0v) is 16.4. The number of hydrogen-bond acceptors (Lipinski definition) is 6. The lowest BCUT2D eigenvalue weighted by molar-refractivity contribution is -0.134. The molecule has 3 atom stereocenters. The molecule has 0 radical (unpaired) electrons. The average Bonchev–Trinajstić information content (AvgIpc) is 3.25. The summed E-state index contributed by atoms with van der Waals surface area (Å²) in [5.74, 6) is 1.65. The highest BCUT2D eigenvalue weighted by atomic mass is 16.5. The molecule has 2 heterocycles. The Morgan fingerprint density at radius 3 is 2.85 bits per heavy atom. The highest BCUT2D eigenvalue weighted by molar-refractivity contribution is 5.78. The van der Waals surface area contributed by atoms with Crippen LogP contribution in [0.4, 0.5) is 4.79 Å². The smallest absolute Gasteiger partial charge is 0.315 e. The van der Waals surface area contributed by atoms with Gasteiger partial charge in [-0.05, 0) is 31.6 Å². The van der Waals surface area contributed by atoms with Crippen molar-refractivity contribution >= 4 is 11.9 Å². The van der Waals surface area contributed by atoms with Crippen LogP contribution in [0, 0.1) is 18.8 Å². The van der Waals surface area contributed by atoms with Crippen molar-refractivity contribution in [3.8, 4) is 0 Å². The van der Waals surface area contributed by atoms with Gasteiger partial charge in [-0.1, -0.05) is 19.0 Å². The van der Waals surface area contributed by atoms with Gasteiger partial charge in [0.25, 0.3) is 0 Å². The number of aryl methyl sites for hydroxylation is 1. The van der Waals surface area contributed by atoms with Gasteiger partial charge in [0.1, 0.15) is 6.61 Å². The monoisotopic (exact) mass is 379 g/mol. The number of methoxy groups -OCH3 is 1. The molecule has 9 heteroatoms. The highest BCUT2D eigenvalue weighted by Gasteiger charge is 2.58. The second-order valence-corrected chi connectivity index (χ2v) is 8.09. The number of ether oxygens (including phenoxy) is 1. The molecule has 1 unspecified atom stereocenters. The third-order valence-electron chi connectivity index (χ3n) is 5.46.